The van der Waals surface area contributed by atoms with E-state index < -0.39 is 0 Å². The summed E-state index contributed by atoms with van der Waals surface area (Å²) in [7, 11) is 1.70. The van der Waals surface area contributed by atoms with Gasteiger partial charge in [0.15, 0.2) is 5.65 Å². The average Bonchev–Trinajstić information content (AvgIpc) is 3.00. The fourth-order valence-electron chi connectivity index (χ4n) is 2.95. The predicted octanol–water partition coefficient (Wildman–Crippen LogP) is 4.02. The van der Waals surface area contributed by atoms with Crippen molar-refractivity contribution in [1.29, 1.82) is 0 Å². The summed E-state index contributed by atoms with van der Waals surface area (Å²) in [4.78, 5) is 9.34. The zero-order chi connectivity index (χ0) is 16.4. The average molecular weight is 315 g/mol. The molecule has 0 fully saturated rings. The third-order valence-corrected chi connectivity index (χ3v) is 4.04. The lowest BCUT2D eigenvalue weighted by Gasteiger charge is -2.11. The Morgan fingerprint density at radius 1 is 0.917 bits per heavy atom. The normalized spacial score (nSPS) is 10.9. The molecule has 0 saturated carbocycles. The van der Waals surface area contributed by atoms with Crippen LogP contribution < -0.4 is 4.74 Å². The van der Waals surface area contributed by atoms with E-state index in [9.17, 15) is 0 Å². The topological polar surface area (TPSA) is 39.9 Å². The van der Waals surface area contributed by atoms with Crippen molar-refractivity contribution >= 4 is 11.2 Å². The summed E-state index contributed by atoms with van der Waals surface area (Å²) in [5.74, 6) is 1.82. The minimum atomic E-state index is 0.676. The van der Waals surface area contributed by atoms with E-state index in [4.69, 9.17) is 9.72 Å². The first kappa shape index (κ1) is 14.5. The van der Waals surface area contributed by atoms with E-state index in [2.05, 4.69) is 27.8 Å². The molecule has 24 heavy (non-hydrogen) atoms. The molecule has 118 valence electrons. The van der Waals surface area contributed by atoms with E-state index >= 15 is 0 Å². The number of fused-ring (bicyclic) bond motifs is 1. The summed E-state index contributed by atoms with van der Waals surface area (Å²) in [5.41, 5.74) is 3.93. The second-order valence-electron chi connectivity index (χ2n) is 5.53. The molecule has 0 atom stereocenters. The standard InChI is InChI=1S/C20H17N3O/c1-24-18-12-6-5-8-15(18)14-19-22-17-11-7-13-21-20(17)23(19)16-9-3-2-4-10-16/h2-13H,14H2,1H3. The van der Waals surface area contributed by atoms with Crippen LogP contribution in [-0.4, -0.2) is 21.6 Å². The number of hydrogen-bond acceptors (Lipinski definition) is 3. The highest BCUT2D eigenvalue weighted by Gasteiger charge is 2.15. The van der Waals surface area contributed by atoms with Crippen LogP contribution >= 0.6 is 0 Å². The number of methoxy groups -OCH3 is 1. The Labute approximate surface area is 140 Å². The van der Waals surface area contributed by atoms with E-state index in [0.717, 1.165) is 34.0 Å². The summed E-state index contributed by atoms with van der Waals surface area (Å²) in [5, 5.41) is 0. The Bertz CT molecular complexity index is 977. The molecule has 0 N–H and O–H groups in total. The van der Waals surface area contributed by atoms with Crippen molar-refractivity contribution in [2.45, 2.75) is 6.42 Å². The summed E-state index contributed by atoms with van der Waals surface area (Å²) < 4.78 is 7.60. The van der Waals surface area contributed by atoms with Crippen molar-refractivity contribution in [3.63, 3.8) is 0 Å². The van der Waals surface area contributed by atoms with Gasteiger partial charge in [-0.15, -0.1) is 0 Å². The highest BCUT2D eigenvalue weighted by atomic mass is 16.5. The van der Waals surface area contributed by atoms with E-state index in [1.54, 1.807) is 13.3 Å². The van der Waals surface area contributed by atoms with Gasteiger partial charge in [0, 0.05) is 23.9 Å². The second kappa shape index (κ2) is 6.16. The van der Waals surface area contributed by atoms with Gasteiger partial charge in [0.2, 0.25) is 0 Å². The Balaban J connectivity index is 1.89. The first-order chi connectivity index (χ1) is 11.9. The lowest BCUT2D eigenvalue weighted by Crippen LogP contribution is -2.04. The molecule has 0 aliphatic rings. The largest absolute Gasteiger partial charge is 0.496 e. The molecule has 2 heterocycles. The van der Waals surface area contributed by atoms with Crippen LogP contribution in [0, 0.1) is 0 Å². The van der Waals surface area contributed by atoms with E-state index in [1.807, 2.05) is 48.5 Å². The van der Waals surface area contributed by atoms with Crippen LogP contribution in [0.5, 0.6) is 5.75 Å². The number of nitrogens with zero attached hydrogens (tertiary/aromatic N) is 3. The highest BCUT2D eigenvalue weighted by Crippen LogP contribution is 2.25. The van der Waals surface area contributed by atoms with Crippen LogP contribution in [-0.2, 0) is 6.42 Å². The molecule has 0 amide bonds. The molecule has 4 aromatic rings. The van der Waals surface area contributed by atoms with Gasteiger partial charge >= 0.3 is 0 Å². The summed E-state index contributed by atoms with van der Waals surface area (Å²) in [6, 6.07) is 22.2. The number of pyridine rings is 1. The first-order valence-electron chi connectivity index (χ1n) is 7.86. The summed E-state index contributed by atoms with van der Waals surface area (Å²) >= 11 is 0. The highest BCUT2D eigenvalue weighted by molar-refractivity contribution is 5.74. The number of benzene rings is 2. The van der Waals surface area contributed by atoms with Gasteiger partial charge in [-0.1, -0.05) is 36.4 Å². The fourth-order valence-corrected chi connectivity index (χ4v) is 2.95. The third kappa shape index (κ3) is 2.52. The molecule has 2 aromatic heterocycles. The maximum absolute atomic E-state index is 5.48. The summed E-state index contributed by atoms with van der Waals surface area (Å²) in [6.07, 6.45) is 2.48. The van der Waals surface area contributed by atoms with Crippen molar-refractivity contribution in [3.8, 4) is 11.4 Å². The smallest absolute Gasteiger partial charge is 0.164 e. The number of imidazole rings is 1. The van der Waals surface area contributed by atoms with Gasteiger partial charge in [0.05, 0.1) is 7.11 Å². The molecule has 0 spiro atoms. The maximum Gasteiger partial charge on any atom is 0.164 e. The Morgan fingerprint density at radius 2 is 1.71 bits per heavy atom. The number of hydrogen-bond donors (Lipinski definition) is 0. The van der Waals surface area contributed by atoms with Crippen LogP contribution in [0.2, 0.25) is 0 Å². The lowest BCUT2D eigenvalue weighted by molar-refractivity contribution is 0.410. The Morgan fingerprint density at radius 3 is 2.54 bits per heavy atom. The third-order valence-electron chi connectivity index (χ3n) is 4.04. The van der Waals surface area contributed by atoms with Crippen molar-refractivity contribution in [2.24, 2.45) is 0 Å². The maximum atomic E-state index is 5.48. The van der Waals surface area contributed by atoms with Gasteiger partial charge in [-0.25, -0.2) is 9.97 Å². The van der Waals surface area contributed by atoms with E-state index in [0.29, 0.717) is 6.42 Å². The van der Waals surface area contributed by atoms with Gasteiger partial charge in [-0.3, -0.25) is 4.57 Å². The van der Waals surface area contributed by atoms with Crippen molar-refractivity contribution in [3.05, 3.63) is 84.3 Å². The minimum absolute atomic E-state index is 0.676. The number of rotatable bonds is 4. The van der Waals surface area contributed by atoms with Gasteiger partial charge in [0.25, 0.3) is 0 Å². The molecule has 4 rings (SSSR count). The number of ether oxygens (including phenoxy) is 1. The van der Waals surface area contributed by atoms with Gasteiger partial charge < -0.3 is 4.74 Å². The van der Waals surface area contributed by atoms with Crippen LogP contribution in [0.1, 0.15) is 11.4 Å². The fraction of sp³-hybridized carbons (Fsp3) is 0.100. The molecule has 0 unspecified atom stereocenters. The zero-order valence-corrected chi connectivity index (χ0v) is 13.4. The van der Waals surface area contributed by atoms with Gasteiger partial charge in [-0.2, -0.15) is 0 Å². The molecule has 4 nitrogen and oxygen atoms in total. The van der Waals surface area contributed by atoms with Crippen LogP contribution in [0.3, 0.4) is 0 Å². The Hall–Kier alpha value is -3.14. The van der Waals surface area contributed by atoms with Crippen molar-refractivity contribution in [1.82, 2.24) is 14.5 Å². The molecule has 0 saturated heterocycles. The Kier molecular flexibility index (Phi) is 3.71. The van der Waals surface area contributed by atoms with Crippen LogP contribution in [0.4, 0.5) is 0 Å². The molecular formula is C20H17N3O. The quantitative estimate of drug-likeness (QED) is 0.571. The molecule has 4 heteroatoms. The lowest BCUT2D eigenvalue weighted by atomic mass is 10.1. The molecule has 0 aliphatic heterocycles. The zero-order valence-electron chi connectivity index (χ0n) is 13.4. The molecule has 0 aliphatic carbocycles. The number of aromatic nitrogens is 3. The van der Waals surface area contributed by atoms with E-state index in [1.165, 1.54) is 0 Å². The monoisotopic (exact) mass is 315 g/mol. The molecule has 0 bridgehead atoms. The second-order valence-corrected chi connectivity index (χ2v) is 5.53. The van der Waals surface area contributed by atoms with Gasteiger partial charge in [0.1, 0.15) is 17.1 Å². The first-order valence-corrected chi connectivity index (χ1v) is 7.86. The van der Waals surface area contributed by atoms with E-state index in [-0.39, 0.29) is 0 Å². The molecular weight excluding hydrogens is 298 g/mol. The summed E-state index contributed by atoms with van der Waals surface area (Å²) in [6.45, 7) is 0. The van der Waals surface area contributed by atoms with Crippen molar-refractivity contribution < 1.29 is 4.74 Å². The number of para-hydroxylation sites is 2. The minimum Gasteiger partial charge on any atom is -0.496 e. The van der Waals surface area contributed by atoms with Crippen LogP contribution in [0.15, 0.2) is 72.9 Å². The van der Waals surface area contributed by atoms with Gasteiger partial charge in [-0.05, 0) is 30.3 Å². The molecule has 2 aromatic carbocycles. The molecule has 0 radical (unpaired) electrons. The predicted molar refractivity (Wildman–Crippen MR) is 94.7 cm³/mol. The van der Waals surface area contributed by atoms with Crippen LogP contribution in [0.25, 0.3) is 16.9 Å². The SMILES string of the molecule is COc1ccccc1Cc1nc2cccnc2n1-c1ccccc1. The van der Waals surface area contributed by atoms with Crippen molar-refractivity contribution in [2.75, 3.05) is 7.11 Å².